The first kappa shape index (κ1) is 24.1. The Hall–Kier alpha value is -3.60. The Morgan fingerprint density at radius 1 is 1.19 bits per heavy atom. The van der Waals surface area contributed by atoms with Crippen LogP contribution in [0.5, 0.6) is 0 Å². The fourth-order valence-corrected chi connectivity index (χ4v) is 5.22. The van der Waals surface area contributed by atoms with Gasteiger partial charge in [0.1, 0.15) is 6.04 Å². The van der Waals surface area contributed by atoms with Gasteiger partial charge >= 0.3 is 0 Å². The van der Waals surface area contributed by atoms with E-state index in [1.807, 2.05) is 11.0 Å². The lowest BCUT2D eigenvalue weighted by molar-refractivity contribution is -0.136. The van der Waals surface area contributed by atoms with Crippen molar-refractivity contribution in [3.8, 4) is 5.69 Å². The zero-order valence-electron chi connectivity index (χ0n) is 20.5. The Morgan fingerprint density at radius 2 is 2.03 bits per heavy atom. The number of amides is 4. The Morgan fingerprint density at radius 3 is 2.81 bits per heavy atom. The van der Waals surface area contributed by atoms with Gasteiger partial charge in [-0.15, -0.1) is 5.10 Å². The Labute approximate surface area is 208 Å². The zero-order valence-corrected chi connectivity index (χ0v) is 20.5. The maximum atomic E-state index is 13.3. The van der Waals surface area contributed by atoms with Gasteiger partial charge in [-0.2, -0.15) is 0 Å². The highest BCUT2D eigenvalue weighted by Crippen LogP contribution is 2.29. The lowest BCUT2D eigenvalue weighted by Gasteiger charge is -2.30. The van der Waals surface area contributed by atoms with E-state index in [0.29, 0.717) is 43.3 Å². The van der Waals surface area contributed by atoms with Gasteiger partial charge in [-0.25, -0.2) is 4.68 Å². The molecule has 0 spiro atoms. The highest BCUT2D eigenvalue weighted by Gasteiger charge is 2.39. The van der Waals surface area contributed by atoms with Crippen molar-refractivity contribution in [1.82, 2.24) is 30.1 Å². The number of ether oxygens (including phenoxy) is 1. The first-order valence-electron chi connectivity index (χ1n) is 12.4. The molecule has 11 heteroatoms. The third-order valence-corrected chi connectivity index (χ3v) is 7.00. The molecule has 1 aromatic carbocycles. The van der Waals surface area contributed by atoms with E-state index in [4.69, 9.17) is 4.74 Å². The van der Waals surface area contributed by atoms with Crippen molar-refractivity contribution in [3.63, 3.8) is 0 Å². The number of piperidine rings is 1. The van der Waals surface area contributed by atoms with Crippen LogP contribution in [0.2, 0.25) is 0 Å². The molecule has 2 saturated heterocycles. The molecule has 0 saturated carbocycles. The van der Waals surface area contributed by atoms with Crippen molar-refractivity contribution in [2.45, 2.75) is 58.2 Å². The molecule has 2 fully saturated rings. The molecule has 1 N–H and O–H groups in total. The van der Waals surface area contributed by atoms with Crippen LogP contribution in [-0.4, -0.2) is 80.3 Å². The number of aromatic nitrogens is 3. The molecule has 11 nitrogen and oxygen atoms in total. The van der Waals surface area contributed by atoms with Gasteiger partial charge in [0.25, 0.3) is 11.8 Å². The highest BCUT2D eigenvalue weighted by atomic mass is 16.5. The average Bonchev–Trinajstić information content (AvgIpc) is 3.38. The average molecular weight is 495 g/mol. The summed E-state index contributed by atoms with van der Waals surface area (Å²) in [6, 6.07) is 4.69. The lowest BCUT2D eigenvalue weighted by atomic mass is 10.00. The monoisotopic (exact) mass is 494 g/mol. The number of nitrogens with zero attached hydrogens (tertiary/aromatic N) is 5. The summed E-state index contributed by atoms with van der Waals surface area (Å²) in [6.07, 6.45) is 3.81. The van der Waals surface area contributed by atoms with Gasteiger partial charge in [-0.05, 0) is 48.9 Å². The van der Waals surface area contributed by atoms with Crippen molar-refractivity contribution in [1.29, 1.82) is 0 Å². The van der Waals surface area contributed by atoms with Crippen molar-refractivity contribution in [2.24, 2.45) is 5.92 Å². The SMILES string of the molecule is CC(C)CC1CCOCCN1C(=O)c1cn(-c2ccc3c(c2)CN(C2CCC(=O)NC2=O)C3=O)nn1. The van der Waals surface area contributed by atoms with Crippen LogP contribution in [0.4, 0.5) is 0 Å². The van der Waals surface area contributed by atoms with E-state index < -0.39 is 11.9 Å². The van der Waals surface area contributed by atoms with Crippen molar-refractivity contribution < 1.29 is 23.9 Å². The van der Waals surface area contributed by atoms with E-state index in [0.717, 1.165) is 18.4 Å². The summed E-state index contributed by atoms with van der Waals surface area (Å²) in [5.74, 6) is -0.713. The fourth-order valence-electron chi connectivity index (χ4n) is 5.22. The van der Waals surface area contributed by atoms with Crippen molar-refractivity contribution >= 4 is 23.6 Å². The molecule has 3 aliphatic heterocycles. The molecule has 3 aliphatic rings. The van der Waals surface area contributed by atoms with E-state index >= 15 is 0 Å². The maximum absolute atomic E-state index is 13.3. The van der Waals surface area contributed by atoms with Gasteiger partial charge < -0.3 is 14.5 Å². The van der Waals surface area contributed by atoms with Crippen LogP contribution in [0, 0.1) is 5.92 Å². The largest absolute Gasteiger partial charge is 0.380 e. The molecule has 2 aromatic rings. The molecule has 190 valence electrons. The highest BCUT2D eigenvalue weighted by molar-refractivity contribution is 6.05. The summed E-state index contributed by atoms with van der Waals surface area (Å²) < 4.78 is 7.13. The first-order chi connectivity index (χ1) is 17.3. The number of hydrogen-bond acceptors (Lipinski definition) is 7. The van der Waals surface area contributed by atoms with Gasteiger partial charge in [0.05, 0.1) is 18.5 Å². The van der Waals surface area contributed by atoms with Crippen LogP contribution in [0.25, 0.3) is 5.69 Å². The number of imide groups is 1. The van der Waals surface area contributed by atoms with Crippen LogP contribution in [0.3, 0.4) is 0 Å². The van der Waals surface area contributed by atoms with Gasteiger partial charge in [0, 0.05) is 37.7 Å². The van der Waals surface area contributed by atoms with Gasteiger partial charge in [-0.1, -0.05) is 19.1 Å². The summed E-state index contributed by atoms with van der Waals surface area (Å²) in [5, 5.41) is 10.6. The minimum Gasteiger partial charge on any atom is -0.380 e. The Bertz CT molecular complexity index is 1210. The summed E-state index contributed by atoms with van der Waals surface area (Å²) in [4.78, 5) is 53.4. The Kier molecular flexibility index (Phi) is 6.57. The van der Waals surface area contributed by atoms with Gasteiger partial charge in [0.2, 0.25) is 11.8 Å². The molecule has 0 radical (unpaired) electrons. The first-order valence-corrected chi connectivity index (χ1v) is 12.4. The van der Waals surface area contributed by atoms with E-state index in [-0.39, 0.29) is 42.4 Å². The summed E-state index contributed by atoms with van der Waals surface area (Å²) in [6.45, 7) is 6.20. The molecule has 5 rings (SSSR count). The van der Waals surface area contributed by atoms with Gasteiger partial charge in [-0.3, -0.25) is 24.5 Å². The number of rotatable bonds is 5. The molecule has 4 heterocycles. The predicted molar refractivity (Wildman–Crippen MR) is 127 cm³/mol. The molecule has 0 bridgehead atoms. The van der Waals surface area contributed by atoms with E-state index in [1.165, 1.54) is 9.58 Å². The van der Waals surface area contributed by atoms with Crippen LogP contribution in [-0.2, 0) is 20.9 Å². The number of benzene rings is 1. The van der Waals surface area contributed by atoms with Gasteiger partial charge in [0.15, 0.2) is 5.69 Å². The van der Waals surface area contributed by atoms with E-state index in [9.17, 15) is 19.2 Å². The minimum atomic E-state index is -0.668. The molecular formula is C25H30N6O5. The molecule has 2 unspecified atom stereocenters. The smallest absolute Gasteiger partial charge is 0.276 e. The number of carbonyl (C=O) groups is 4. The summed E-state index contributed by atoms with van der Waals surface area (Å²) in [7, 11) is 0. The summed E-state index contributed by atoms with van der Waals surface area (Å²) in [5.41, 5.74) is 2.19. The molecule has 1 aromatic heterocycles. The topological polar surface area (TPSA) is 127 Å². The third-order valence-electron chi connectivity index (χ3n) is 7.00. The number of hydrogen-bond donors (Lipinski definition) is 1. The van der Waals surface area contributed by atoms with Crippen LogP contribution in [0.15, 0.2) is 24.4 Å². The fraction of sp³-hybridized carbons (Fsp3) is 0.520. The molecule has 0 aliphatic carbocycles. The lowest BCUT2D eigenvalue weighted by Crippen LogP contribution is -2.52. The van der Waals surface area contributed by atoms with E-state index in [1.54, 1.807) is 18.3 Å². The number of nitrogens with one attached hydrogen (secondary N) is 1. The number of carbonyl (C=O) groups excluding carboxylic acids is 4. The molecule has 36 heavy (non-hydrogen) atoms. The second-order valence-corrected chi connectivity index (χ2v) is 9.97. The van der Waals surface area contributed by atoms with Crippen molar-refractivity contribution in [2.75, 3.05) is 19.8 Å². The number of fused-ring (bicyclic) bond motifs is 1. The second-order valence-electron chi connectivity index (χ2n) is 9.97. The zero-order chi connectivity index (χ0) is 25.4. The normalized spacial score (nSPS) is 22.6. The summed E-state index contributed by atoms with van der Waals surface area (Å²) >= 11 is 0. The molecular weight excluding hydrogens is 464 g/mol. The van der Waals surface area contributed by atoms with Crippen LogP contribution in [0.1, 0.15) is 65.9 Å². The molecule has 4 amide bonds. The molecule has 2 atom stereocenters. The Balaban J connectivity index is 1.34. The van der Waals surface area contributed by atoms with Crippen LogP contribution < -0.4 is 5.32 Å². The quantitative estimate of drug-likeness (QED) is 0.621. The van der Waals surface area contributed by atoms with Crippen molar-refractivity contribution in [3.05, 3.63) is 41.2 Å². The second kappa shape index (κ2) is 9.81. The standard InChI is InChI=1S/C25H30N6O5/c1-15(2)11-17-7-9-36-10-8-29(17)25(35)20-14-31(28-27-20)18-3-4-19-16(12-18)13-30(24(19)34)21-5-6-22(32)26-23(21)33/h3-4,12,14-15,17,21H,5-11,13H2,1-2H3,(H,26,32,33). The van der Waals surface area contributed by atoms with E-state index in [2.05, 4.69) is 29.5 Å². The third kappa shape index (κ3) is 4.62. The van der Waals surface area contributed by atoms with Crippen LogP contribution >= 0.6 is 0 Å². The predicted octanol–water partition coefficient (Wildman–Crippen LogP) is 1.31. The maximum Gasteiger partial charge on any atom is 0.276 e. The minimum absolute atomic E-state index is 0.0921.